The van der Waals surface area contributed by atoms with Crippen molar-refractivity contribution >= 4 is 44.4 Å². The minimum Gasteiger partial charge on any atom is -0.481 e. The van der Waals surface area contributed by atoms with Crippen molar-refractivity contribution in [2.45, 2.75) is 33.8 Å². The monoisotopic (exact) mass is 650 g/mol. The molecule has 2 N–H and O–H groups in total. The van der Waals surface area contributed by atoms with E-state index in [1.54, 1.807) is 30.0 Å². The number of fused-ring (bicyclic) bond motifs is 1. The van der Waals surface area contributed by atoms with Gasteiger partial charge in [-0.3, -0.25) is 9.59 Å². The largest absolute Gasteiger partial charge is 0.481 e. The summed E-state index contributed by atoms with van der Waals surface area (Å²) in [4.78, 5) is 24.9. The van der Waals surface area contributed by atoms with Crippen LogP contribution in [0.5, 0.6) is 0 Å². The average molecular weight is 651 g/mol. The molecular formula is C37H34N2O5S2. The Morgan fingerprint density at radius 3 is 1.83 bits per heavy atom. The van der Waals surface area contributed by atoms with Crippen LogP contribution in [0.3, 0.4) is 0 Å². The predicted molar refractivity (Wildman–Crippen MR) is 182 cm³/mol. The number of carboxylic acid groups (broad SMARTS) is 1. The lowest BCUT2D eigenvalue weighted by Crippen LogP contribution is -2.46. The number of thioether (sulfide) groups is 1. The first kappa shape index (κ1) is 31.5. The van der Waals surface area contributed by atoms with Crippen molar-refractivity contribution < 1.29 is 23.1 Å². The van der Waals surface area contributed by atoms with Gasteiger partial charge < -0.3 is 10.4 Å². The first-order valence-corrected chi connectivity index (χ1v) is 17.5. The molecule has 5 aromatic rings. The Bertz CT molecular complexity index is 1840. The maximum Gasteiger partial charge on any atom is 0.305 e. The number of carboxylic acids is 1. The van der Waals surface area contributed by atoms with E-state index in [2.05, 4.69) is 41.7 Å². The van der Waals surface area contributed by atoms with Crippen LogP contribution in [-0.4, -0.2) is 54.1 Å². The van der Waals surface area contributed by atoms with Crippen LogP contribution >= 0.6 is 11.8 Å². The second-order valence-corrected chi connectivity index (χ2v) is 14.7. The van der Waals surface area contributed by atoms with Crippen LogP contribution in [0.25, 0.3) is 10.8 Å². The maximum absolute atomic E-state index is 14.3. The fourth-order valence-corrected chi connectivity index (χ4v) is 9.81. The fourth-order valence-electron chi connectivity index (χ4n) is 6.20. The predicted octanol–water partition coefficient (Wildman–Crippen LogP) is 6.29. The molecule has 0 aromatic heterocycles. The number of nitrogens with one attached hydrogen (secondary N) is 1. The van der Waals surface area contributed by atoms with Gasteiger partial charge in [-0.15, -0.1) is 11.8 Å². The summed E-state index contributed by atoms with van der Waals surface area (Å²) in [7, 11) is -4.11. The molecule has 1 saturated heterocycles. The summed E-state index contributed by atoms with van der Waals surface area (Å²) in [5.41, 5.74) is 3.11. The number of carbonyl (C=O) groups is 2. The SMILES string of the molecule is O=C(O)CCNC(=O)C1CC(SC(c2ccccc2)(c2ccccc2)c2ccccc2)CN1S(=O)(=O)c1ccc2ccccc2c1. The van der Waals surface area contributed by atoms with E-state index < -0.39 is 32.7 Å². The molecule has 46 heavy (non-hydrogen) atoms. The highest BCUT2D eigenvalue weighted by molar-refractivity contribution is 8.01. The van der Waals surface area contributed by atoms with Crippen molar-refractivity contribution in [2.24, 2.45) is 0 Å². The molecule has 1 aliphatic rings. The second kappa shape index (κ2) is 13.5. The molecule has 0 spiro atoms. The van der Waals surface area contributed by atoms with Gasteiger partial charge in [-0.2, -0.15) is 4.31 Å². The number of hydrogen-bond donors (Lipinski definition) is 2. The molecule has 1 amide bonds. The van der Waals surface area contributed by atoms with E-state index in [0.717, 1.165) is 27.5 Å². The summed E-state index contributed by atoms with van der Waals surface area (Å²) in [5, 5.41) is 13.2. The van der Waals surface area contributed by atoms with Gasteiger partial charge in [0.2, 0.25) is 15.9 Å². The Morgan fingerprint density at radius 1 is 0.761 bits per heavy atom. The van der Waals surface area contributed by atoms with Crippen molar-refractivity contribution in [3.05, 3.63) is 150 Å². The van der Waals surface area contributed by atoms with Crippen LogP contribution in [0.1, 0.15) is 29.5 Å². The highest BCUT2D eigenvalue weighted by Crippen LogP contribution is 2.52. The molecule has 0 bridgehead atoms. The number of hydrogen-bond acceptors (Lipinski definition) is 5. The van der Waals surface area contributed by atoms with E-state index in [1.807, 2.05) is 78.9 Å². The Labute approximate surface area is 273 Å². The summed E-state index contributed by atoms with van der Waals surface area (Å²) in [6.07, 6.45) is -0.00215. The summed E-state index contributed by atoms with van der Waals surface area (Å²) >= 11 is 1.65. The van der Waals surface area contributed by atoms with Crippen LogP contribution in [-0.2, 0) is 24.4 Å². The minimum absolute atomic E-state index is 0.0890. The molecule has 6 rings (SSSR count). The smallest absolute Gasteiger partial charge is 0.305 e. The molecule has 2 unspecified atom stereocenters. The van der Waals surface area contributed by atoms with Gasteiger partial charge in [-0.25, -0.2) is 8.42 Å². The van der Waals surface area contributed by atoms with Gasteiger partial charge in [-0.05, 0) is 46.0 Å². The van der Waals surface area contributed by atoms with Crippen LogP contribution in [0.4, 0.5) is 0 Å². The highest BCUT2D eigenvalue weighted by Gasteiger charge is 2.48. The number of nitrogens with zero attached hydrogens (tertiary/aromatic N) is 1. The van der Waals surface area contributed by atoms with Gasteiger partial charge in [0, 0.05) is 18.3 Å². The average Bonchev–Trinajstić information content (AvgIpc) is 3.53. The third kappa shape index (κ3) is 6.31. The third-order valence-corrected chi connectivity index (χ3v) is 12.0. The van der Waals surface area contributed by atoms with Crippen LogP contribution < -0.4 is 5.32 Å². The molecule has 0 saturated carbocycles. The van der Waals surface area contributed by atoms with E-state index in [9.17, 15) is 18.0 Å². The van der Waals surface area contributed by atoms with E-state index in [4.69, 9.17) is 5.11 Å². The number of benzene rings is 5. The second-order valence-electron chi connectivity index (χ2n) is 11.3. The van der Waals surface area contributed by atoms with Gasteiger partial charge in [0.15, 0.2) is 0 Å². The molecule has 5 aromatic carbocycles. The Hall–Kier alpha value is -4.44. The molecule has 0 aliphatic carbocycles. The van der Waals surface area contributed by atoms with Crippen molar-refractivity contribution in [3.63, 3.8) is 0 Å². The standard InChI is InChI=1S/C37H34N2O5S2/c40-35(41)22-23-38-36(42)34-25-32(26-39(34)46(43,44)33-21-20-27-12-10-11-13-28(27)24-33)45-37(29-14-4-1-5-15-29,30-16-6-2-7-17-30)31-18-8-3-9-19-31/h1-21,24,32,34H,22-23,25-26H2,(H,38,42)(H,40,41). The van der Waals surface area contributed by atoms with Crippen molar-refractivity contribution in [1.29, 1.82) is 0 Å². The van der Waals surface area contributed by atoms with Gasteiger partial charge in [0.05, 0.1) is 16.1 Å². The first-order valence-electron chi connectivity index (χ1n) is 15.1. The lowest BCUT2D eigenvalue weighted by Gasteiger charge is -2.37. The minimum atomic E-state index is -4.11. The normalized spacial score (nSPS) is 17.1. The lowest BCUT2D eigenvalue weighted by molar-refractivity contribution is -0.137. The van der Waals surface area contributed by atoms with Crippen LogP contribution in [0, 0.1) is 0 Å². The number of rotatable bonds is 11. The van der Waals surface area contributed by atoms with Gasteiger partial charge in [-0.1, -0.05) is 121 Å². The molecule has 2 atom stereocenters. The molecule has 1 fully saturated rings. The van der Waals surface area contributed by atoms with Gasteiger partial charge in [0.1, 0.15) is 6.04 Å². The summed E-state index contributed by atoms with van der Waals surface area (Å²) in [6, 6.07) is 42.0. The quantitative estimate of drug-likeness (QED) is 0.163. The topological polar surface area (TPSA) is 104 Å². The summed E-state index contributed by atoms with van der Waals surface area (Å²) in [6.45, 7) is 0.0133. The number of carbonyl (C=O) groups excluding carboxylic acids is 1. The summed E-state index contributed by atoms with van der Waals surface area (Å²) in [5.74, 6) is -1.54. The highest BCUT2D eigenvalue weighted by atomic mass is 32.2. The van der Waals surface area contributed by atoms with Crippen LogP contribution in [0.15, 0.2) is 138 Å². The lowest BCUT2D eigenvalue weighted by atomic mass is 9.84. The zero-order valence-electron chi connectivity index (χ0n) is 25.0. The number of amides is 1. The molecule has 9 heteroatoms. The number of sulfonamides is 1. The molecule has 234 valence electrons. The zero-order valence-corrected chi connectivity index (χ0v) is 26.7. The van der Waals surface area contributed by atoms with Crippen molar-refractivity contribution in [1.82, 2.24) is 9.62 Å². The first-order chi connectivity index (χ1) is 22.3. The molecule has 1 aliphatic heterocycles. The van der Waals surface area contributed by atoms with E-state index in [1.165, 1.54) is 4.31 Å². The maximum atomic E-state index is 14.3. The van der Waals surface area contributed by atoms with Gasteiger partial charge >= 0.3 is 5.97 Å². The van der Waals surface area contributed by atoms with E-state index in [-0.39, 0.29) is 36.1 Å². The zero-order chi connectivity index (χ0) is 32.1. The summed E-state index contributed by atoms with van der Waals surface area (Å²) < 4.78 is 29.3. The Kier molecular flexibility index (Phi) is 9.26. The Morgan fingerprint density at radius 2 is 1.28 bits per heavy atom. The Balaban J connectivity index is 1.43. The van der Waals surface area contributed by atoms with Crippen molar-refractivity contribution in [3.8, 4) is 0 Å². The van der Waals surface area contributed by atoms with Gasteiger partial charge in [0.25, 0.3) is 0 Å². The number of aliphatic carboxylic acids is 1. The fraction of sp³-hybridized carbons (Fsp3) is 0.189. The van der Waals surface area contributed by atoms with E-state index >= 15 is 0 Å². The van der Waals surface area contributed by atoms with Crippen molar-refractivity contribution in [2.75, 3.05) is 13.1 Å². The molecule has 1 heterocycles. The third-order valence-electron chi connectivity index (χ3n) is 8.37. The molecule has 7 nitrogen and oxygen atoms in total. The molecule has 0 radical (unpaired) electrons. The molecular weight excluding hydrogens is 617 g/mol. The van der Waals surface area contributed by atoms with E-state index in [0.29, 0.717) is 0 Å². The van der Waals surface area contributed by atoms with Crippen LogP contribution in [0.2, 0.25) is 0 Å².